The molecule has 5 heteroatoms. The molecule has 0 aliphatic carbocycles. The molecule has 0 saturated heterocycles. The molecule has 0 spiro atoms. The highest BCUT2D eigenvalue weighted by atomic mass is 16.5. The van der Waals surface area contributed by atoms with Crippen molar-refractivity contribution in [2.24, 2.45) is 0 Å². The van der Waals surface area contributed by atoms with Crippen LogP contribution in [0.5, 0.6) is 11.5 Å². The summed E-state index contributed by atoms with van der Waals surface area (Å²) in [6.07, 6.45) is -0.598. The maximum absolute atomic E-state index is 11.3. The van der Waals surface area contributed by atoms with Crippen LogP contribution in [0.3, 0.4) is 0 Å². The number of methoxy groups -OCH3 is 1. The molecule has 5 nitrogen and oxygen atoms in total. The molecule has 16 heavy (non-hydrogen) atoms. The fourth-order valence-corrected chi connectivity index (χ4v) is 1.19. The highest BCUT2D eigenvalue weighted by molar-refractivity contribution is 5.80. The number of nitrogens with two attached hydrogens (primary N) is 1. The lowest BCUT2D eigenvalue weighted by atomic mass is 10.2. The number of nitrogen functional groups attached to an aromatic ring is 1. The number of carbonyl (C=O) groups is 1. The van der Waals surface area contributed by atoms with Crippen LogP contribution in [-0.4, -0.2) is 26.2 Å². The monoisotopic (exact) mass is 224 g/mol. The minimum Gasteiger partial charge on any atom is -0.497 e. The van der Waals surface area contributed by atoms with Crippen LogP contribution >= 0.6 is 0 Å². The molecule has 0 fully saturated rings. The van der Waals surface area contributed by atoms with Crippen molar-refractivity contribution in [1.29, 1.82) is 0 Å². The molecule has 0 heterocycles. The summed E-state index contributed by atoms with van der Waals surface area (Å²) in [6.45, 7) is 1.65. The Labute approximate surface area is 94.5 Å². The van der Waals surface area contributed by atoms with Crippen LogP contribution in [0.25, 0.3) is 0 Å². The van der Waals surface area contributed by atoms with E-state index in [1.54, 1.807) is 39.3 Å². The van der Waals surface area contributed by atoms with E-state index >= 15 is 0 Å². The third kappa shape index (κ3) is 2.79. The Bertz CT molecular complexity index is 379. The second-order valence-corrected chi connectivity index (χ2v) is 3.28. The summed E-state index contributed by atoms with van der Waals surface area (Å²) in [7, 11) is 3.11. The second-order valence-electron chi connectivity index (χ2n) is 3.28. The van der Waals surface area contributed by atoms with Crippen molar-refractivity contribution in [3.8, 4) is 11.5 Å². The number of benzene rings is 1. The van der Waals surface area contributed by atoms with E-state index in [2.05, 4.69) is 5.32 Å². The Morgan fingerprint density at radius 2 is 2.19 bits per heavy atom. The van der Waals surface area contributed by atoms with Gasteiger partial charge >= 0.3 is 0 Å². The molecule has 0 bridgehead atoms. The van der Waals surface area contributed by atoms with Crippen LogP contribution < -0.4 is 20.5 Å². The minimum absolute atomic E-state index is 0.206. The van der Waals surface area contributed by atoms with E-state index in [1.807, 2.05) is 0 Å². The molecular formula is C11H16N2O3. The first kappa shape index (κ1) is 12.2. The summed E-state index contributed by atoms with van der Waals surface area (Å²) in [5.41, 5.74) is 6.19. The molecule has 0 saturated carbocycles. The van der Waals surface area contributed by atoms with Gasteiger partial charge in [-0.3, -0.25) is 4.79 Å². The fraction of sp³-hybridized carbons (Fsp3) is 0.364. The SMILES string of the molecule is CNC(=O)C(C)Oc1cc(OC)ccc1N. The predicted molar refractivity (Wildman–Crippen MR) is 61.6 cm³/mol. The second kappa shape index (κ2) is 5.25. The van der Waals surface area contributed by atoms with Crippen molar-refractivity contribution in [1.82, 2.24) is 5.32 Å². The standard InChI is InChI=1S/C11H16N2O3/c1-7(11(14)13-2)16-10-6-8(15-3)4-5-9(10)12/h4-7H,12H2,1-3H3,(H,13,14). The van der Waals surface area contributed by atoms with Gasteiger partial charge in [0.15, 0.2) is 6.10 Å². The van der Waals surface area contributed by atoms with Crippen LogP contribution in [0.1, 0.15) is 6.92 Å². The summed E-state index contributed by atoms with van der Waals surface area (Å²) in [4.78, 5) is 11.3. The molecule has 1 unspecified atom stereocenters. The first-order chi connectivity index (χ1) is 7.58. The molecule has 0 radical (unpaired) electrons. The van der Waals surface area contributed by atoms with Gasteiger partial charge in [-0.2, -0.15) is 0 Å². The summed E-state index contributed by atoms with van der Waals surface area (Å²) < 4.78 is 10.5. The average Bonchev–Trinajstić information content (AvgIpc) is 2.30. The Morgan fingerprint density at radius 3 is 2.75 bits per heavy atom. The zero-order chi connectivity index (χ0) is 12.1. The van der Waals surface area contributed by atoms with Crippen molar-refractivity contribution >= 4 is 11.6 Å². The van der Waals surface area contributed by atoms with Crippen LogP contribution in [0.15, 0.2) is 18.2 Å². The van der Waals surface area contributed by atoms with E-state index < -0.39 is 6.10 Å². The van der Waals surface area contributed by atoms with Crippen molar-refractivity contribution in [3.63, 3.8) is 0 Å². The quantitative estimate of drug-likeness (QED) is 0.741. The number of ether oxygens (including phenoxy) is 2. The number of likely N-dealkylation sites (N-methyl/N-ethyl adjacent to an activating group) is 1. The van der Waals surface area contributed by atoms with Crippen molar-refractivity contribution < 1.29 is 14.3 Å². The highest BCUT2D eigenvalue weighted by Crippen LogP contribution is 2.27. The Kier molecular flexibility index (Phi) is 3.99. The van der Waals surface area contributed by atoms with Gasteiger partial charge in [-0.1, -0.05) is 0 Å². The highest BCUT2D eigenvalue weighted by Gasteiger charge is 2.14. The number of hydrogen-bond acceptors (Lipinski definition) is 4. The van der Waals surface area contributed by atoms with Gasteiger partial charge in [0.2, 0.25) is 0 Å². The van der Waals surface area contributed by atoms with Gasteiger partial charge in [0, 0.05) is 13.1 Å². The smallest absolute Gasteiger partial charge is 0.260 e. The third-order valence-corrected chi connectivity index (χ3v) is 2.14. The molecule has 1 rings (SSSR count). The normalized spacial score (nSPS) is 11.7. The van der Waals surface area contributed by atoms with Gasteiger partial charge < -0.3 is 20.5 Å². The van der Waals surface area contributed by atoms with Crippen molar-refractivity contribution in [2.45, 2.75) is 13.0 Å². The van der Waals surface area contributed by atoms with Gasteiger partial charge in [0.25, 0.3) is 5.91 Å². The Morgan fingerprint density at radius 1 is 1.50 bits per heavy atom. The molecule has 1 aromatic rings. The summed E-state index contributed by atoms with van der Waals surface area (Å²) in [5.74, 6) is 0.867. The number of hydrogen-bond donors (Lipinski definition) is 2. The van der Waals surface area contributed by atoms with Crippen LogP contribution in [-0.2, 0) is 4.79 Å². The fourth-order valence-electron chi connectivity index (χ4n) is 1.19. The average molecular weight is 224 g/mol. The van der Waals surface area contributed by atoms with E-state index in [0.29, 0.717) is 17.2 Å². The zero-order valence-electron chi connectivity index (χ0n) is 9.61. The van der Waals surface area contributed by atoms with Crippen molar-refractivity contribution in [3.05, 3.63) is 18.2 Å². The first-order valence-electron chi connectivity index (χ1n) is 4.90. The minimum atomic E-state index is -0.598. The predicted octanol–water partition coefficient (Wildman–Crippen LogP) is 0.791. The number of amides is 1. The lowest BCUT2D eigenvalue weighted by Gasteiger charge is -2.15. The number of nitrogens with one attached hydrogen (secondary N) is 1. The molecule has 1 atom stereocenters. The topological polar surface area (TPSA) is 73.6 Å². The van der Waals surface area contributed by atoms with Gasteiger partial charge in [-0.05, 0) is 19.1 Å². The molecular weight excluding hydrogens is 208 g/mol. The van der Waals surface area contributed by atoms with Gasteiger partial charge in [-0.25, -0.2) is 0 Å². The molecule has 3 N–H and O–H groups in total. The van der Waals surface area contributed by atoms with Crippen LogP contribution in [0.4, 0.5) is 5.69 Å². The first-order valence-corrected chi connectivity index (χ1v) is 4.90. The molecule has 88 valence electrons. The number of anilines is 1. The molecule has 1 amide bonds. The lowest BCUT2D eigenvalue weighted by molar-refractivity contribution is -0.126. The molecule has 0 aliphatic rings. The molecule has 0 aromatic heterocycles. The molecule has 0 aliphatic heterocycles. The summed E-state index contributed by atoms with van der Waals surface area (Å²) in [5, 5.41) is 2.50. The lowest BCUT2D eigenvalue weighted by Crippen LogP contribution is -2.33. The van der Waals surface area contributed by atoms with Gasteiger partial charge in [0.1, 0.15) is 11.5 Å². The number of carbonyl (C=O) groups excluding carboxylic acids is 1. The van der Waals surface area contributed by atoms with E-state index in [9.17, 15) is 4.79 Å². The Balaban J connectivity index is 2.83. The maximum atomic E-state index is 11.3. The number of rotatable bonds is 4. The van der Waals surface area contributed by atoms with Crippen molar-refractivity contribution in [2.75, 3.05) is 19.9 Å². The molecule has 1 aromatic carbocycles. The maximum Gasteiger partial charge on any atom is 0.260 e. The van der Waals surface area contributed by atoms with Gasteiger partial charge in [-0.15, -0.1) is 0 Å². The largest absolute Gasteiger partial charge is 0.497 e. The van der Waals surface area contributed by atoms with E-state index in [-0.39, 0.29) is 5.91 Å². The summed E-state index contributed by atoms with van der Waals surface area (Å²) in [6, 6.07) is 5.05. The van der Waals surface area contributed by atoms with E-state index in [0.717, 1.165) is 0 Å². The van der Waals surface area contributed by atoms with E-state index in [4.69, 9.17) is 15.2 Å². The Hall–Kier alpha value is -1.91. The summed E-state index contributed by atoms with van der Waals surface area (Å²) >= 11 is 0. The van der Waals surface area contributed by atoms with Crippen LogP contribution in [0.2, 0.25) is 0 Å². The van der Waals surface area contributed by atoms with Gasteiger partial charge in [0.05, 0.1) is 12.8 Å². The van der Waals surface area contributed by atoms with Crippen LogP contribution in [0, 0.1) is 0 Å². The van der Waals surface area contributed by atoms with E-state index in [1.165, 1.54) is 0 Å². The third-order valence-electron chi connectivity index (χ3n) is 2.14. The zero-order valence-corrected chi connectivity index (χ0v) is 9.61.